The maximum Gasteiger partial charge on any atom is 0.282 e. The third kappa shape index (κ3) is 3.61. The molecular formula is C23H19F2N5O. The predicted molar refractivity (Wildman–Crippen MR) is 113 cm³/mol. The minimum absolute atomic E-state index is 0.314. The van der Waals surface area contributed by atoms with Crippen molar-refractivity contribution in [3.63, 3.8) is 0 Å². The van der Waals surface area contributed by atoms with Crippen molar-refractivity contribution in [2.45, 2.75) is 18.3 Å². The molecule has 1 aliphatic heterocycles. The summed E-state index contributed by atoms with van der Waals surface area (Å²) in [6.45, 7) is -0.701. The molecule has 4 aromatic rings. The summed E-state index contributed by atoms with van der Waals surface area (Å²) in [4.78, 5) is 0. The van der Waals surface area contributed by atoms with Gasteiger partial charge in [-0.05, 0) is 39.2 Å². The lowest BCUT2D eigenvalue weighted by atomic mass is 9.84. The molecule has 1 aliphatic rings. The van der Waals surface area contributed by atoms with E-state index in [1.54, 1.807) is 6.07 Å². The van der Waals surface area contributed by atoms with Gasteiger partial charge in [-0.3, -0.25) is 0 Å². The first-order chi connectivity index (χ1) is 15.0. The highest BCUT2D eigenvalue weighted by atomic mass is 19.3. The number of hydrogen-bond acceptors (Lipinski definition) is 5. The first-order valence-corrected chi connectivity index (χ1v) is 9.84. The molecule has 31 heavy (non-hydrogen) atoms. The van der Waals surface area contributed by atoms with Crippen molar-refractivity contribution in [3.05, 3.63) is 77.9 Å². The first-order valence-electron chi connectivity index (χ1n) is 9.84. The summed E-state index contributed by atoms with van der Waals surface area (Å²) in [6.07, 6.45) is -0.361. The Hall–Kier alpha value is -3.81. The molecule has 1 aromatic heterocycles. The fourth-order valence-corrected chi connectivity index (χ4v) is 4.10. The van der Waals surface area contributed by atoms with Crippen molar-refractivity contribution >= 4 is 5.69 Å². The Bertz CT molecular complexity index is 1210. The maximum absolute atomic E-state index is 14.6. The lowest BCUT2D eigenvalue weighted by Gasteiger charge is -2.21. The molecule has 0 radical (unpaired) electrons. The molecule has 0 saturated carbocycles. The second-order valence-electron chi connectivity index (χ2n) is 7.59. The normalized spacial score (nSPS) is 17.4. The van der Waals surface area contributed by atoms with Crippen molar-refractivity contribution in [3.8, 4) is 28.3 Å². The fraction of sp³-hybridized carbons (Fsp3) is 0.174. The summed E-state index contributed by atoms with van der Waals surface area (Å²) in [7, 11) is 0. The molecule has 0 spiro atoms. The Labute approximate surface area is 177 Å². The van der Waals surface area contributed by atoms with E-state index in [0.29, 0.717) is 22.8 Å². The van der Waals surface area contributed by atoms with E-state index in [-0.39, 0.29) is 6.42 Å². The van der Waals surface area contributed by atoms with Gasteiger partial charge in [0, 0.05) is 23.5 Å². The summed E-state index contributed by atoms with van der Waals surface area (Å²) in [5.74, 6) is -2.72. The maximum atomic E-state index is 14.6. The van der Waals surface area contributed by atoms with E-state index in [9.17, 15) is 8.78 Å². The topological polar surface area (TPSA) is 89.7 Å². The van der Waals surface area contributed by atoms with E-state index < -0.39 is 18.4 Å². The Morgan fingerprint density at radius 3 is 2.48 bits per heavy atom. The van der Waals surface area contributed by atoms with Gasteiger partial charge in [-0.1, -0.05) is 54.6 Å². The molecule has 0 saturated heterocycles. The largest absolute Gasteiger partial charge is 0.485 e. The number of halogens is 2. The molecular weight excluding hydrogens is 400 g/mol. The highest BCUT2D eigenvalue weighted by molar-refractivity contribution is 5.83. The summed E-state index contributed by atoms with van der Waals surface area (Å²) in [5, 5.41) is 14.1. The minimum atomic E-state index is -2.98. The monoisotopic (exact) mass is 419 g/mol. The summed E-state index contributed by atoms with van der Waals surface area (Å²) in [6, 6.07) is 20.5. The second kappa shape index (κ2) is 7.46. The average Bonchev–Trinajstić information content (AvgIpc) is 3.27. The van der Waals surface area contributed by atoms with Gasteiger partial charge < -0.3 is 10.5 Å². The number of nitrogen functional groups attached to an aromatic ring is 1. The standard InChI is InChI=1S/C23H19F2N5O/c24-23(25)12-19(14-6-2-1-3-7-14)18-10-15(11-20(26)21(18)31-13-23)16-8-4-5-9-17(16)22-27-29-30-28-22/h1-11,19H,12-13,26H2,(H,27,28,29,30)/t19-/m1/s1. The first kappa shape index (κ1) is 19.2. The number of aromatic nitrogens is 4. The number of anilines is 1. The summed E-state index contributed by atoms with van der Waals surface area (Å²) >= 11 is 0. The fourth-order valence-electron chi connectivity index (χ4n) is 4.10. The van der Waals surface area contributed by atoms with Crippen LogP contribution in [0.3, 0.4) is 0 Å². The van der Waals surface area contributed by atoms with Crippen LogP contribution in [0.4, 0.5) is 14.5 Å². The molecule has 2 heterocycles. The molecule has 1 atom stereocenters. The Kier molecular flexibility index (Phi) is 4.62. The van der Waals surface area contributed by atoms with Crippen LogP contribution in [0.2, 0.25) is 0 Å². The third-order valence-corrected chi connectivity index (χ3v) is 5.49. The number of fused-ring (bicyclic) bond motifs is 1. The molecule has 5 rings (SSSR count). The zero-order valence-corrected chi connectivity index (χ0v) is 16.4. The Morgan fingerprint density at radius 1 is 1.00 bits per heavy atom. The SMILES string of the molecule is Nc1cc(-c2ccccc2-c2nnn[nH]2)cc2c1OCC(F)(F)C[C@@H]2c1ccccc1. The number of tetrazole rings is 1. The van der Waals surface area contributed by atoms with Crippen LogP contribution >= 0.6 is 0 Å². The van der Waals surface area contributed by atoms with E-state index >= 15 is 0 Å². The van der Waals surface area contributed by atoms with Gasteiger partial charge in [0.25, 0.3) is 5.92 Å². The molecule has 8 heteroatoms. The zero-order valence-electron chi connectivity index (χ0n) is 16.4. The summed E-state index contributed by atoms with van der Waals surface area (Å²) in [5.41, 5.74) is 10.5. The van der Waals surface area contributed by atoms with E-state index in [1.165, 1.54) is 0 Å². The number of aromatic amines is 1. The molecule has 0 unspecified atom stereocenters. The summed E-state index contributed by atoms with van der Waals surface area (Å²) < 4.78 is 34.7. The van der Waals surface area contributed by atoms with Crippen molar-refractivity contribution in [2.24, 2.45) is 0 Å². The molecule has 0 bridgehead atoms. The highest BCUT2D eigenvalue weighted by Gasteiger charge is 2.39. The zero-order chi connectivity index (χ0) is 21.4. The van der Waals surface area contributed by atoms with Crippen molar-refractivity contribution in [1.82, 2.24) is 20.6 Å². The number of H-pyrrole nitrogens is 1. The molecule has 0 amide bonds. The number of alkyl halides is 2. The number of hydrogen-bond donors (Lipinski definition) is 2. The van der Waals surface area contributed by atoms with Gasteiger partial charge in [0.15, 0.2) is 12.4 Å². The van der Waals surface area contributed by atoms with Crippen molar-refractivity contribution < 1.29 is 13.5 Å². The Balaban J connectivity index is 1.70. The van der Waals surface area contributed by atoms with Crippen LogP contribution in [0.25, 0.3) is 22.5 Å². The van der Waals surface area contributed by atoms with Crippen molar-refractivity contribution in [2.75, 3.05) is 12.3 Å². The lowest BCUT2D eigenvalue weighted by Crippen LogP contribution is -2.25. The van der Waals surface area contributed by atoms with Gasteiger partial charge in [0.2, 0.25) is 0 Å². The number of nitrogens with two attached hydrogens (primary N) is 1. The second-order valence-corrected chi connectivity index (χ2v) is 7.59. The molecule has 3 N–H and O–H groups in total. The van der Waals surface area contributed by atoms with Gasteiger partial charge in [0.1, 0.15) is 5.75 Å². The number of rotatable bonds is 3. The number of ether oxygens (including phenoxy) is 1. The van der Waals surface area contributed by atoms with Crippen LogP contribution in [0.1, 0.15) is 23.5 Å². The smallest absolute Gasteiger partial charge is 0.282 e. The number of nitrogens with one attached hydrogen (secondary N) is 1. The molecule has 6 nitrogen and oxygen atoms in total. The van der Waals surface area contributed by atoms with Gasteiger partial charge >= 0.3 is 0 Å². The average molecular weight is 419 g/mol. The predicted octanol–water partition coefficient (Wildman–Crippen LogP) is 4.67. The molecule has 3 aromatic carbocycles. The van der Waals surface area contributed by atoms with Gasteiger partial charge in [-0.25, -0.2) is 13.9 Å². The molecule has 0 fully saturated rings. The van der Waals surface area contributed by atoms with E-state index in [1.807, 2.05) is 60.7 Å². The highest BCUT2D eigenvalue weighted by Crippen LogP contribution is 2.47. The van der Waals surface area contributed by atoms with E-state index in [0.717, 1.165) is 22.3 Å². The van der Waals surface area contributed by atoms with Gasteiger partial charge in [-0.15, -0.1) is 5.10 Å². The quantitative estimate of drug-likeness (QED) is 0.471. The van der Waals surface area contributed by atoms with Gasteiger partial charge in [0.05, 0.1) is 5.69 Å². The number of benzene rings is 3. The minimum Gasteiger partial charge on any atom is -0.485 e. The van der Waals surface area contributed by atoms with Crippen LogP contribution in [-0.2, 0) is 0 Å². The Morgan fingerprint density at radius 2 is 1.74 bits per heavy atom. The lowest BCUT2D eigenvalue weighted by molar-refractivity contribution is -0.0448. The molecule has 0 aliphatic carbocycles. The van der Waals surface area contributed by atoms with Crippen LogP contribution in [-0.4, -0.2) is 33.2 Å². The van der Waals surface area contributed by atoms with Crippen LogP contribution in [0, 0.1) is 0 Å². The number of nitrogens with zero attached hydrogens (tertiary/aromatic N) is 3. The van der Waals surface area contributed by atoms with E-state index in [4.69, 9.17) is 10.5 Å². The van der Waals surface area contributed by atoms with Crippen LogP contribution in [0.15, 0.2) is 66.7 Å². The molecule has 156 valence electrons. The third-order valence-electron chi connectivity index (χ3n) is 5.49. The van der Waals surface area contributed by atoms with Crippen LogP contribution in [0.5, 0.6) is 5.75 Å². The van der Waals surface area contributed by atoms with Gasteiger partial charge in [-0.2, -0.15) is 0 Å². The van der Waals surface area contributed by atoms with Crippen molar-refractivity contribution in [1.29, 1.82) is 0 Å². The van der Waals surface area contributed by atoms with E-state index in [2.05, 4.69) is 20.6 Å². The van der Waals surface area contributed by atoms with Crippen LogP contribution < -0.4 is 10.5 Å².